The van der Waals surface area contributed by atoms with Crippen molar-refractivity contribution in [2.45, 2.75) is 26.4 Å². The van der Waals surface area contributed by atoms with E-state index in [1.54, 1.807) is 23.4 Å². The zero-order valence-electron chi connectivity index (χ0n) is 18.2. The molecule has 31 heavy (non-hydrogen) atoms. The average molecular weight is 446 g/mol. The molecular weight excluding hydrogens is 414 g/mol. The number of sulfonamides is 1. The molecule has 8 heteroatoms. The standard InChI is InChI=1S/C23H31N3O4S/c1-19-8-6-9-21(18-19)25-13-15-26(16-14-25)31(28,29)17-7-12-24-23(27)20(2)30-22-10-4-3-5-11-22/h3-6,8-11,18,20H,7,12-17H2,1-2H3,(H,24,27)/t20-/m1/s1. The number of nitrogens with one attached hydrogen (secondary N) is 1. The quantitative estimate of drug-likeness (QED) is 0.600. The summed E-state index contributed by atoms with van der Waals surface area (Å²) < 4.78 is 32.5. The van der Waals surface area contributed by atoms with Gasteiger partial charge in [0.25, 0.3) is 5.91 Å². The zero-order valence-corrected chi connectivity index (χ0v) is 19.0. The zero-order chi connectivity index (χ0) is 22.3. The van der Waals surface area contributed by atoms with E-state index in [0.717, 1.165) is 5.69 Å². The number of aryl methyl sites for hydroxylation is 1. The fraction of sp³-hybridized carbons (Fsp3) is 0.435. The first-order chi connectivity index (χ1) is 14.8. The smallest absolute Gasteiger partial charge is 0.260 e. The summed E-state index contributed by atoms with van der Waals surface area (Å²) in [5.41, 5.74) is 2.32. The highest BCUT2D eigenvalue weighted by Crippen LogP contribution is 2.19. The number of amides is 1. The number of para-hydroxylation sites is 1. The second-order valence-corrected chi connectivity index (χ2v) is 9.85. The first kappa shape index (κ1) is 23.1. The van der Waals surface area contributed by atoms with Crippen LogP contribution in [0.2, 0.25) is 0 Å². The third kappa shape index (κ3) is 6.70. The Morgan fingerprint density at radius 2 is 1.77 bits per heavy atom. The summed E-state index contributed by atoms with van der Waals surface area (Å²) in [6.45, 7) is 6.32. The Morgan fingerprint density at radius 3 is 2.45 bits per heavy atom. The normalized spacial score (nSPS) is 16.0. The van der Waals surface area contributed by atoms with E-state index in [4.69, 9.17) is 4.74 Å². The van der Waals surface area contributed by atoms with E-state index in [9.17, 15) is 13.2 Å². The molecule has 0 bridgehead atoms. The molecule has 7 nitrogen and oxygen atoms in total. The number of piperazine rings is 1. The topological polar surface area (TPSA) is 79.0 Å². The Bertz CT molecular complexity index is 958. The van der Waals surface area contributed by atoms with E-state index < -0.39 is 16.1 Å². The highest BCUT2D eigenvalue weighted by Gasteiger charge is 2.26. The predicted molar refractivity (Wildman–Crippen MR) is 123 cm³/mol. The van der Waals surface area contributed by atoms with Gasteiger partial charge in [0.05, 0.1) is 5.75 Å². The molecule has 0 spiro atoms. The lowest BCUT2D eigenvalue weighted by Crippen LogP contribution is -2.49. The van der Waals surface area contributed by atoms with Gasteiger partial charge in [0.2, 0.25) is 10.0 Å². The van der Waals surface area contributed by atoms with Gasteiger partial charge in [-0.1, -0.05) is 30.3 Å². The number of benzene rings is 2. The lowest BCUT2D eigenvalue weighted by molar-refractivity contribution is -0.127. The molecule has 1 fully saturated rings. The van der Waals surface area contributed by atoms with Crippen molar-refractivity contribution in [3.8, 4) is 5.75 Å². The Balaban J connectivity index is 1.39. The minimum absolute atomic E-state index is 0.0195. The van der Waals surface area contributed by atoms with Crippen LogP contribution in [-0.4, -0.2) is 63.2 Å². The number of rotatable bonds is 9. The highest BCUT2D eigenvalue weighted by atomic mass is 32.2. The van der Waals surface area contributed by atoms with Crippen molar-refractivity contribution in [1.82, 2.24) is 9.62 Å². The van der Waals surface area contributed by atoms with Gasteiger partial charge >= 0.3 is 0 Å². The molecule has 1 atom stereocenters. The molecule has 3 rings (SSSR count). The molecule has 1 saturated heterocycles. The maximum Gasteiger partial charge on any atom is 0.260 e. The molecule has 0 aliphatic carbocycles. The van der Waals surface area contributed by atoms with E-state index >= 15 is 0 Å². The van der Waals surface area contributed by atoms with Crippen molar-refractivity contribution >= 4 is 21.6 Å². The predicted octanol–water partition coefficient (Wildman–Crippen LogP) is 2.42. The molecule has 1 heterocycles. The van der Waals surface area contributed by atoms with Crippen molar-refractivity contribution in [2.24, 2.45) is 0 Å². The highest BCUT2D eigenvalue weighted by molar-refractivity contribution is 7.89. The molecule has 1 aliphatic heterocycles. The molecule has 0 radical (unpaired) electrons. The van der Waals surface area contributed by atoms with E-state index in [1.165, 1.54) is 5.56 Å². The summed E-state index contributed by atoms with van der Waals surface area (Å²) in [7, 11) is -3.34. The van der Waals surface area contributed by atoms with Crippen LogP contribution in [0.5, 0.6) is 5.75 Å². The number of carbonyl (C=O) groups is 1. The molecule has 1 aliphatic rings. The van der Waals surface area contributed by atoms with Crippen LogP contribution in [0.15, 0.2) is 54.6 Å². The van der Waals surface area contributed by atoms with Crippen LogP contribution in [0.25, 0.3) is 0 Å². The van der Waals surface area contributed by atoms with Crippen LogP contribution in [0.3, 0.4) is 0 Å². The van der Waals surface area contributed by atoms with Crippen molar-refractivity contribution in [2.75, 3.05) is 43.4 Å². The van der Waals surface area contributed by atoms with Gasteiger partial charge in [-0.25, -0.2) is 8.42 Å². The van der Waals surface area contributed by atoms with Gasteiger partial charge in [-0.05, 0) is 50.1 Å². The van der Waals surface area contributed by atoms with Gasteiger partial charge in [0.15, 0.2) is 6.10 Å². The Morgan fingerprint density at radius 1 is 1.06 bits per heavy atom. The summed E-state index contributed by atoms with van der Waals surface area (Å²) in [5, 5.41) is 2.76. The maximum atomic E-state index is 12.7. The van der Waals surface area contributed by atoms with Gasteiger partial charge in [-0.15, -0.1) is 0 Å². The summed E-state index contributed by atoms with van der Waals surface area (Å²) in [5.74, 6) is 0.386. The van der Waals surface area contributed by atoms with Crippen molar-refractivity contribution in [1.29, 1.82) is 0 Å². The van der Waals surface area contributed by atoms with E-state index in [0.29, 0.717) is 44.9 Å². The first-order valence-electron chi connectivity index (χ1n) is 10.6. The van der Waals surface area contributed by atoms with E-state index in [-0.39, 0.29) is 11.7 Å². The van der Waals surface area contributed by atoms with Crippen LogP contribution < -0.4 is 15.0 Å². The second kappa shape index (κ2) is 10.6. The van der Waals surface area contributed by atoms with E-state index in [1.807, 2.05) is 24.3 Å². The number of hydrogen-bond acceptors (Lipinski definition) is 5. The Kier molecular flexibility index (Phi) is 7.92. The Hall–Kier alpha value is -2.58. The largest absolute Gasteiger partial charge is 0.481 e. The lowest BCUT2D eigenvalue weighted by Gasteiger charge is -2.35. The monoisotopic (exact) mass is 445 g/mol. The van der Waals surface area contributed by atoms with Crippen molar-refractivity contribution < 1.29 is 17.9 Å². The second-order valence-electron chi connectivity index (χ2n) is 7.76. The summed E-state index contributed by atoms with van der Waals surface area (Å²) in [6, 6.07) is 17.4. The third-order valence-electron chi connectivity index (χ3n) is 5.30. The lowest BCUT2D eigenvalue weighted by atomic mass is 10.2. The minimum atomic E-state index is -3.34. The fourth-order valence-corrected chi connectivity index (χ4v) is 5.03. The molecule has 168 valence electrons. The maximum absolute atomic E-state index is 12.7. The molecule has 1 amide bonds. The van der Waals surface area contributed by atoms with Crippen LogP contribution in [0, 0.1) is 6.92 Å². The molecule has 2 aromatic rings. The van der Waals surface area contributed by atoms with Gasteiger partial charge in [0, 0.05) is 38.4 Å². The number of nitrogens with zero attached hydrogens (tertiary/aromatic N) is 2. The molecular formula is C23H31N3O4S. The van der Waals surface area contributed by atoms with Crippen molar-refractivity contribution in [3.05, 3.63) is 60.2 Å². The van der Waals surface area contributed by atoms with Crippen LogP contribution in [0.4, 0.5) is 5.69 Å². The molecule has 0 aromatic heterocycles. The minimum Gasteiger partial charge on any atom is -0.481 e. The number of anilines is 1. The van der Waals surface area contributed by atoms with E-state index in [2.05, 4.69) is 35.3 Å². The number of carbonyl (C=O) groups excluding carboxylic acids is 1. The summed E-state index contributed by atoms with van der Waals surface area (Å²) >= 11 is 0. The third-order valence-corrected chi connectivity index (χ3v) is 7.26. The Labute approximate surface area is 185 Å². The average Bonchev–Trinajstić information content (AvgIpc) is 2.77. The van der Waals surface area contributed by atoms with Crippen molar-refractivity contribution in [3.63, 3.8) is 0 Å². The molecule has 0 unspecified atom stereocenters. The fourth-order valence-electron chi connectivity index (χ4n) is 3.54. The van der Waals surface area contributed by atoms with Crippen LogP contribution in [0.1, 0.15) is 18.9 Å². The molecule has 1 N–H and O–H groups in total. The number of hydrogen-bond donors (Lipinski definition) is 1. The van der Waals surface area contributed by atoms with Crippen LogP contribution in [-0.2, 0) is 14.8 Å². The number of ether oxygens (including phenoxy) is 1. The first-order valence-corrected chi connectivity index (χ1v) is 12.2. The molecule has 2 aromatic carbocycles. The molecule has 0 saturated carbocycles. The van der Waals surface area contributed by atoms with Gasteiger partial charge in [0.1, 0.15) is 5.75 Å². The summed E-state index contributed by atoms with van der Waals surface area (Å²) in [6.07, 6.45) is -0.279. The SMILES string of the molecule is Cc1cccc(N2CCN(S(=O)(=O)CCCNC(=O)[C@@H](C)Oc3ccccc3)CC2)c1. The van der Waals surface area contributed by atoms with Gasteiger partial charge in [-0.3, -0.25) is 4.79 Å². The van der Waals surface area contributed by atoms with Crippen LogP contribution >= 0.6 is 0 Å². The van der Waals surface area contributed by atoms with Gasteiger partial charge < -0.3 is 15.0 Å². The van der Waals surface area contributed by atoms with Gasteiger partial charge in [-0.2, -0.15) is 4.31 Å². The summed E-state index contributed by atoms with van der Waals surface area (Å²) in [4.78, 5) is 14.4.